The summed E-state index contributed by atoms with van der Waals surface area (Å²) >= 11 is 4.18. The maximum Gasteiger partial charge on any atom is 0.253 e. The van der Waals surface area contributed by atoms with Gasteiger partial charge in [0.05, 0.1) is 13.6 Å². The van der Waals surface area contributed by atoms with E-state index in [-0.39, 0.29) is 0 Å². The van der Waals surface area contributed by atoms with Crippen molar-refractivity contribution < 1.29 is 4.57 Å². The number of hydrogen-bond donors (Lipinski definition) is 1. The molecular weight excluding hydrogens is 168 g/mol. The molecule has 0 radical (unpaired) electrons. The molecule has 0 aliphatic heterocycles. The van der Waals surface area contributed by atoms with Crippen LogP contribution in [0.1, 0.15) is 18.7 Å². The van der Waals surface area contributed by atoms with E-state index in [1.165, 1.54) is 18.7 Å². The number of hydrogen-bond acceptors (Lipinski definition) is 1. The van der Waals surface area contributed by atoms with Gasteiger partial charge in [-0.2, -0.15) is 12.6 Å². The van der Waals surface area contributed by atoms with Crippen LogP contribution in [0.25, 0.3) is 0 Å². The lowest BCUT2D eigenvalue weighted by atomic mass is 10.3. The Balaban J connectivity index is 2.46. The van der Waals surface area contributed by atoms with E-state index in [1.807, 2.05) is 0 Å². The third-order valence-electron chi connectivity index (χ3n) is 2.20. The molecule has 68 valence electrons. The van der Waals surface area contributed by atoms with E-state index in [9.17, 15) is 0 Å². The molecule has 1 aromatic heterocycles. The molecular formula is C9H17N2S+. The Kier molecular flexibility index (Phi) is 3.66. The largest absolute Gasteiger partial charge is 0.253 e. The summed E-state index contributed by atoms with van der Waals surface area (Å²) in [5.74, 6) is 2.31. The molecule has 0 aliphatic rings. The fourth-order valence-corrected chi connectivity index (χ4v) is 1.45. The maximum absolute atomic E-state index is 4.18. The van der Waals surface area contributed by atoms with Gasteiger partial charge in [-0.05, 0) is 18.6 Å². The third kappa shape index (κ3) is 2.27. The molecule has 0 unspecified atom stereocenters. The van der Waals surface area contributed by atoms with Crippen molar-refractivity contribution in [1.82, 2.24) is 4.57 Å². The molecule has 0 bridgehead atoms. The SMILES string of the molecule is Cc1n(CCCCS)cc[n+]1C. The molecule has 1 aromatic rings. The highest BCUT2D eigenvalue weighted by atomic mass is 32.1. The second kappa shape index (κ2) is 4.55. The van der Waals surface area contributed by atoms with Gasteiger partial charge in [-0.15, -0.1) is 0 Å². The Hall–Kier alpha value is -0.440. The van der Waals surface area contributed by atoms with Crippen molar-refractivity contribution in [2.45, 2.75) is 26.3 Å². The summed E-state index contributed by atoms with van der Waals surface area (Å²) in [5, 5.41) is 0. The van der Waals surface area contributed by atoms with Gasteiger partial charge in [0, 0.05) is 6.92 Å². The van der Waals surface area contributed by atoms with Gasteiger partial charge in [-0.3, -0.25) is 0 Å². The Labute approximate surface area is 79.6 Å². The van der Waals surface area contributed by atoms with Crippen molar-refractivity contribution in [3.8, 4) is 0 Å². The van der Waals surface area contributed by atoms with Crippen molar-refractivity contribution >= 4 is 12.6 Å². The van der Waals surface area contributed by atoms with E-state index in [0.29, 0.717) is 0 Å². The van der Waals surface area contributed by atoms with Crippen molar-refractivity contribution in [2.24, 2.45) is 7.05 Å². The minimum atomic E-state index is 0.993. The molecule has 1 rings (SSSR count). The predicted molar refractivity (Wildman–Crippen MR) is 53.4 cm³/mol. The summed E-state index contributed by atoms with van der Waals surface area (Å²) in [6.07, 6.45) is 6.65. The molecule has 0 spiro atoms. The van der Waals surface area contributed by atoms with Crippen molar-refractivity contribution in [2.75, 3.05) is 5.75 Å². The van der Waals surface area contributed by atoms with Crippen LogP contribution in [0.5, 0.6) is 0 Å². The molecule has 0 saturated carbocycles. The van der Waals surface area contributed by atoms with E-state index >= 15 is 0 Å². The van der Waals surface area contributed by atoms with E-state index in [0.717, 1.165) is 12.3 Å². The standard InChI is InChI=1S/C9H16N2S/c1-9-10(2)6-7-11(9)5-3-4-8-12/h6-7H,3-5,8H2,1-2H3/p+1. The first-order chi connectivity index (χ1) is 5.75. The Bertz CT molecular complexity index is 243. The first kappa shape index (κ1) is 9.65. The number of nitrogens with zero attached hydrogens (tertiary/aromatic N) is 2. The zero-order valence-electron chi connectivity index (χ0n) is 7.82. The maximum atomic E-state index is 4.18. The third-order valence-corrected chi connectivity index (χ3v) is 2.52. The zero-order chi connectivity index (χ0) is 8.97. The van der Waals surface area contributed by atoms with Gasteiger partial charge in [-0.1, -0.05) is 0 Å². The minimum absolute atomic E-state index is 0.993. The zero-order valence-corrected chi connectivity index (χ0v) is 8.72. The molecule has 0 aromatic carbocycles. The summed E-state index contributed by atoms with van der Waals surface area (Å²) in [5.41, 5.74) is 0. The Morgan fingerprint density at radius 2 is 2.25 bits per heavy atom. The number of aryl methyl sites for hydroxylation is 2. The molecule has 3 heteroatoms. The second-order valence-electron chi connectivity index (χ2n) is 3.08. The van der Waals surface area contributed by atoms with Gasteiger partial charge >= 0.3 is 0 Å². The van der Waals surface area contributed by atoms with E-state index in [4.69, 9.17) is 0 Å². The number of thiol groups is 1. The van der Waals surface area contributed by atoms with Crippen LogP contribution in [0, 0.1) is 6.92 Å². The van der Waals surface area contributed by atoms with Crippen LogP contribution in [-0.4, -0.2) is 10.3 Å². The Morgan fingerprint density at radius 3 is 2.75 bits per heavy atom. The summed E-state index contributed by atoms with van der Waals surface area (Å²) < 4.78 is 4.42. The van der Waals surface area contributed by atoms with Crippen molar-refractivity contribution in [1.29, 1.82) is 0 Å². The van der Waals surface area contributed by atoms with Gasteiger partial charge in [0.25, 0.3) is 5.82 Å². The highest BCUT2D eigenvalue weighted by Crippen LogP contribution is 1.98. The average Bonchev–Trinajstić information content (AvgIpc) is 2.36. The van der Waals surface area contributed by atoms with Crippen LogP contribution in [0.2, 0.25) is 0 Å². The predicted octanol–water partition coefficient (Wildman–Crippen LogP) is 1.33. The first-order valence-electron chi connectivity index (χ1n) is 4.38. The van der Waals surface area contributed by atoms with E-state index in [1.54, 1.807) is 0 Å². The number of rotatable bonds is 4. The molecule has 2 nitrogen and oxygen atoms in total. The van der Waals surface area contributed by atoms with Gasteiger partial charge < -0.3 is 0 Å². The summed E-state index contributed by atoms with van der Waals surface area (Å²) in [6.45, 7) is 3.26. The van der Waals surface area contributed by atoms with E-state index < -0.39 is 0 Å². The normalized spacial score (nSPS) is 10.6. The fourth-order valence-electron chi connectivity index (χ4n) is 1.23. The summed E-state index contributed by atoms with van der Waals surface area (Å²) in [6, 6.07) is 0. The quantitative estimate of drug-likeness (QED) is 0.412. The molecule has 0 aliphatic carbocycles. The molecule has 1 heterocycles. The highest BCUT2D eigenvalue weighted by Gasteiger charge is 2.06. The van der Waals surface area contributed by atoms with Crippen molar-refractivity contribution in [3.05, 3.63) is 18.2 Å². The Morgan fingerprint density at radius 1 is 1.50 bits per heavy atom. The number of aromatic nitrogens is 2. The number of imidazole rings is 1. The average molecular weight is 185 g/mol. The first-order valence-corrected chi connectivity index (χ1v) is 5.01. The molecule has 12 heavy (non-hydrogen) atoms. The molecule has 0 saturated heterocycles. The van der Waals surface area contributed by atoms with Crippen LogP contribution in [0.15, 0.2) is 12.4 Å². The van der Waals surface area contributed by atoms with E-state index in [2.05, 4.69) is 48.1 Å². The minimum Gasteiger partial charge on any atom is -0.237 e. The summed E-state index contributed by atoms with van der Waals surface area (Å²) in [7, 11) is 2.07. The van der Waals surface area contributed by atoms with Gasteiger partial charge in [0.15, 0.2) is 0 Å². The topological polar surface area (TPSA) is 8.81 Å². The van der Waals surface area contributed by atoms with Crippen LogP contribution in [0.4, 0.5) is 0 Å². The van der Waals surface area contributed by atoms with Gasteiger partial charge in [0.1, 0.15) is 12.4 Å². The smallest absolute Gasteiger partial charge is 0.237 e. The van der Waals surface area contributed by atoms with Crippen LogP contribution < -0.4 is 4.57 Å². The number of unbranched alkanes of at least 4 members (excludes halogenated alkanes) is 1. The highest BCUT2D eigenvalue weighted by molar-refractivity contribution is 7.80. The van der Waals surface area contributed by atoms with Gasteiger partial charge in [-0.25, -0.2) is 9.13 Å². The molecule has 0 amide bonds. The summed E-state index contributed by atoms with van der Waals surface area (Å²) in [4.78, 5) is 0. The molecule has 0 fully saturated rings. The monoisotopic (exact) mass is 185 g/mol. The lowest BCUT2D eigenvalue weighted by Gasteiger charge is -1.97. The lowest BCUT2D eigenvalue weighted by molar-refractivity contribution is -0.677. The van der Waals surface area contributed by atoms with Crippen molar-refractivity contribution in [3.63, 3.8) is 0 Å². The van der Waals surface area contributed by atoms with Crippen LogP contribution in [0.3, 0.4) is 0 Å². The van der Waals surface area contributed by atoms with Gasteiger partial charge in [0.2, 0.25) is 0 Å². The lowest BCUT2D eigenvalue weighted by Crippen LogP contribution is -2.29. The molecule has 0 N–H and O–H groups in total. The molecule has 0 atom stereocenters. The second-order valence-corrected chi connectivity index (χ2v) is 3.53. The van der Waals surface area contributed by atoms with Crippen LogP contribution >= 0.6 is 12.6 Å². The fraction of sp³-hybridized carbons (Fsp3) is 0.667. The van der Waals surface area contributed by atoms with Crippen LogP contribution in [-0.2, 0) is 13.6 Å².